The summed E-state index contributed by atoms with van der Waals surface area (Å²) in [6.07, 6.45) is 4.91. The summed E-state index contributed by atoms with van der Waals surface area (Å²) in [6.45, 7) is 2.08. The number of thiazole rings is 1. The first-order valence-corrected chi connectivity index (χ1v) is 13.8. The maximum Gasteiger partial charge on any atom is 0.318 e. The summed E-state index contributed by atoms with van der Waals surface area (Å²) in [5.41, 5.74) is 1.74. The van der Waals surface area contributed by atoms with Crippen LogP contribution in [0.3, 0.4) is 0 Å². The minimum absolute atomic E-state index is 0.0146. The second kappa shape index (κ2) is 12.0. The highest BCUT2D eigenvalue weighted by Gasteiger charge is 2.42. The van der Waals surface area contributed by atoms with Crippen LogP contribution in [0.1, 0.15) is 32.1 Å². The zero-order valence-corrected chi connectivity index (χ0v) is 21.6. The summed E-state index contributed by atoms with van der Waals surface area (Å²) < 4.78 is 10.9. The molecule has 3 fully saturated rings. The molecule has 0 radical (unpaired) electrons. The average molecular weight is 528 g/mol. The number of benzene rings is 1. The van der Waals surface area contributed by atoms with E-state index in [1.54, 1.807) is 4.90 Å². The molecular formula is C26H33N5O5S. The number of hydrogen-bond donors (Lipinski definition) is 2. The predicted molar refractivity (Wildman–Crippen MR) is 139 cm³/mol. The van der Waals surface area contributed by atoms with Crippen LogP contribution in [0.2, 0.25) is 0 Å². The second-order valence-electron chi connectivity index (χ2n) is 9.64. The van der Waals surface area contributed by atoms with Gasteiger partial charge in [0.1, 0.15) is 18.8 Å². The third kappa shape index (κ3) is 6.11. The van der Waals surface area contributed by atoms with Gasteiger partial charge < -0.3 is 29.9 Å². The summed E-state index contributed by atoms with van der Waals surface area (Å²) in [5.74, 6) is -0.583. The van der Waals surface area contributed by atoms with Gasteiger partial charge >= 0.3 is 6.03 Å². The molecule has 5 rings (SSSR count). The number of aromatic nitrogens is 1. The molecule has 3 heterocycles. The molecule has 2 atom stereocenters. The van der Waals surface area contributed by atoms with Crippen molar-refractivity contribution in [3.63, 3.8) is 0 Å². The molecule has 0 spiro atoms. The smallest absolute Gasteiger partial charge is 0.318 e. The van der Waals surface area contributed by atoms with Crippen molar-refractivity contribution in [1.29, 1.82) is 0 Å². The Hall–Kier alpha value is -3.02. The fourth-order valence-corrected chi connectivity index (χ4v) is 5.88. The highest BCUT2D eigenvalue weighted by Crippen LogP contribution is 2.29. The van der Waals surface area contributed by atoms with Gasteiger partial charge in [0.15, 0.2) is 5.13 Å². The normalized spacial score (nSPS) is 21.5. The Morgan fingerprint density at radius 2 is 1.78 bits per heavy atom. The second-order valence-corrected chi connectivity index (χ2v) is 10.5. The molecular weight excluding hydrogens is 494 g/mol. The number of carbonyl (C=O) groups is 3. The average Bonchev–Trinajstić information content (AvgIpc) is 3.63. The number of nitrogens with one attached hydrogen (secondary N) is 2. The number of hydrogen-bond acceptors (Lipinski definition) is 7. The predicted octanol–water partition coefficient (Wildman–Crippen LogP) is 2.92. The van der Waals surface area contributed by atoms with Crippen LogP contribution < -0.4 is 10.6 Å². The van der Waals surface area contributed by atoms with Crippen molar-refractivity contribution in [1.82, 2.24) is 20.1 Å². The third-order valence-electron chi connectivity index (χ3n) is 7.24. The Morgan fingerprint density at radius 3 is 2.54 bits per heavy atom. The van der Waals surface area contributed by atoms with E-state index in [2.05, 4.69) is 15.6 Å². The Balaban J connectivity index is 1.27. The molecule has 11 heteroatoms. The van der Waals surface area contributed by atoms with Crippen LogP contribution in [0.25, 0.3) is 11.3 Å². The number of nitrogens with zero attached hydrogens (tertiary/aromatic N) is 3. The standard InChI is InChI=1S/C26H33N5O5S/c32-23(29-25-27-20(16-37-25)18-7-3-1-4-8-18)21-15-36-17-31(21)24(33)22(19-9-5-2-6-10-19)28-26(34)30-11-13-35-14-12-30/h1,3-4,7-8,16,19,21-22H,2,5-6,9-15,17H2,(H,28,34)(H,27,29,32). The number of carbonyl (C=O) groups excluding carboxylic acids is 3. The SMILES string of the molecule is O=C(Nc1nc(-c2ccccc2)cs1)C1COCN1C(=O)C(NC(=O)N1CCOCC1)C1CCCCC1. The topological polar surface area (TPSA) is 113 Å². The van der Waals surface area contributed by atoms with Gasteiger partial charge in [-0.2, -0.15) is 0 Å². The van der Waals surface area contributed by atoms with Crippen molar-refractivity contribution in [2.45, 2.75) is 44.2 Å². The van der Waals surface area contributed by atoms with E-state index in [0.717, 1.165) is 43.4 Å². The van der Waals surface area contributed by atoms with Crippen molar-refractivity contribution >= 4 is 34.3 Å². The fourth-order valence-electron chi connectivity index (χ4n) is 5.16. The van der Waals surface area contributed by atoms with E-state index in [9.17, 15) is 14.4 Å². The lowest BCUT2D eigenvalue weighted by Gasteiger charge is -2.35. The van der Waals surface area contributed by atoms with Gasteiger partial charge in [-0.1, -0.05) is 49.6 Å². The van der Waals surface area contributed by atoms with Gasteiger partial charge in [-0.15, -0.1) is 11.3 Å². The molecule has 198 valence electrons. The largest absolute Gasteiger partial charge is 0.378 e. The van der Waals surface area contributed by atoms with Gasteiger partial charge in [0.25, 0.3) is 5.91 Å². The molecule has 3 aliphatic rings. The van der Waals surface area contributed by atoms with Crippen LogP contribution in [-0.2, 0) is 19.1 Å². The van der Waals surface area contributed by atoms with Gasteiger partial charge in [-0.3, -0.25) is 9.59 Å². The highest BCUT2D eigenvalue weighted by molar-refractivity contribution is 7.14. The van der Waals surface area contributed by atoms with Crippen molar-refractivity contribution < 1.29 is 23.9 Å². The van der Waals surface area contributed by atoms with E-state index < -0.39 is 12.1 Å². The number of anilines is 1. The molecule has 2 aromatic rings. The molecule has 4 amide bonds. The Labute approximate surface area is 220 Å². The summed E-state index contributed by atoms with van der Waals surface area (Å²) >= 11 is 1.33. The minimum Gasteiger partial charge on any atom is -0.378 e. The Kier molecular flexibility index (Phi) is 8.32. The number of rotatable bonds is 6. The fraction of sp³-hybridized carbons (Fsp3) is 0.538. The summed E-state index contributed by atoms with van der Waals surface area (Å²) in [7, 11) is 0. The molecule has 2 N–H and O–H groups in total. The van der Waals surface area contributed by atoms with Gasteiger partial charge in [0.2, 0.25) is 5.91 Å². The van der Waals surface area contributed by atoms with Crippen LogP contribution in [0, 0.1) is 5.92 Å². The lowest BCUT2D eigenvalue weighted by Crippen LogP contribution is -2.58. The van der Waals surface area contributed by atoms with Crippen LogP contribution in [-0.4, -0.2) is 84.4 Å². The van der Waals surface area contributed by atoms with Gasteiger partial charge in [-0.05, 0) is 18.8 Å². The molecule has 1 aromatic heterocycles. The molecule has 37 heavy (non-hydrogen) atoms. The number of urea groups is 1. The first-order valence-electron chi connectivity index (χ1n) is 12.9. The van der Waals surface area contributed by atoms with E-state index in [0.29, 0.717) is 31.4 Å². The van der Waals surface area contributed by atoms with Crippen LogP contribution in [0.5, 0.6) is 0 Å². The van der Waals surface area contributed by atoms with Crippen LogP contribution in [0.15, 0.2) is 35.7 Å². The van der Waals surface area contributed by atoms with E-state index in [1.807, 2.05) is 35.7 Å². The zero-order valence-electron chi connectivity index (χ0n) is 20.8. The van der Waals surface area contributed by atoms with Gasteiger partial charge in [-0.25, -0.2) is 9.78 Å². The third-order valence-corrected chi connectivity index (χ3v) is 7.99. The Morgan fingerprint density at radius 1 is 1.03 bits per heavy atom. The molecule has 2 unspecified atom stereocenters. The van der Waals surface area contributed by atoms with Crippen molar-refractivity contribution in [3.05, 3.63) is 35.7 Å². The molecule has 1 saturated carbocycles. The zero-order chi connectivity index (χ0) is 25.6. The van der Waals surface area contributed by atoms with Crippen molar-refractivity contribution in [3.8, 4) is 11.3 Å². The lowest BCUT2D eigenvalue weighted by molar-refractivity contribution is -0.140. The van der Waals surface area contributed by atoms with Gasteiger partial charge in [0.05, 0.1) is 25.5 Å². The van der Waals surface area contributed by atoms with E-state index >= 15 is 0 Å². The number of amides is 4. The molecule has 2 aliphatic heterocycles. The minimum atomic E-state index is -0.789. The molecule has 10 nitrogen and oxygen atoms in total. The van der Waals surface area contributed by atoms with Crippen LogP contribution in [0.4, 0.5) is 9.93 Å². The summed E-state index contributed by atoms with van der Waals surface area (Å²) in [6, 6.07) is 7.99. The van der Waals surface area contributed by atoms with Gasteiger partial charge in [0, 0.05) is 24.0 Å². The van der Waals surface area contributed by atoms with Crippen molar-refractivity contribution in [2.75, 3.05) is 45.0 Å². The summed E-state index contributed by atoms with van der Waals surface area (Å²) in [5, 5.41) is 8.21. The van der Waals surface area contributed by atoms with E-state index in [1.165, 1.54) is 16.2 Å². The van der Waals surface area contributed by atoms with E-state index in [-0.39, 0.29) is 37.1 Å². The molecule has 0 bridgehead atoms. The first-order chi connectivity index (χ1) is 18.1. The highest BCUT2D eigenvalue weighted by atomic mass is 32.1. The summed E-state index contributed by atoms with van der Waals surface area (Å²) in [4.78, 5) is 47.7. The molecule has 2 saturated heterocycles. The first kappa shape index (κ1) is 25.6. The quantitative estimate of drug-likeness (QED) is 0.597. The van der Waals surface area contributed by atoms with Crippen molar-refractivity contribution in [2.24, 2.45) is 5.92 Å². The Bertz CT molecular complexity index is 1080. The van der Waals surface area contributed by atoms with Crippen LogP contribution >= 0.6 is 11.3 Å². The van der Waals surface area contributed by atoms with E-state index in [4.69, 9.17) is 9.47 Å². The maximum absolute atomic E-state index is 13.8. The molecule has 1 aliphatic carbocycles. The lowest BCUT2D eigenvalue weighted by atomic mass is 9.83. The number of ether oxygens (including phenoxy) is 2. The maximum atomic E-state index is 13.8. The molecule has 1 aromatic carbocycles. The monoisotopic (exact) mass is 527 g/mol. The number of morpholine rings is 1.